The van der Waals surface area contributed by atoms with Gasteiger partial charge in [0.25, 0.3) is 5.91 Å². The van der Waals surface area contributed by atoms with Gasteiger partial charge in [0.2, 0.25) is 0 Å². The number of aliphatic hydroxyl groups is 1. The molecule has 5 heteroatoms. The molecular formula is C14H21N3O2. The predicted molar refractivity (Wildman–Crippen MR) is 73.5 cm³/mol. The summed E-state index contributed by atoms with van der Waals surface area (Å²) in [4.78, 5) is 15.9. The van der Waals surface area contributed by atoms with Crippen molar-refractivity contribution in [2.24, 2.45) is 11.8 Å². The van der Waals surface area contributed by atoms with Crippen LogP contribution in [0.25, 0.3) is 0 Å². The SMILES string of the molecule is Nc1ccc(C(=O)NCC2CCCCC2CO)nc1. The van der Waals surface area contributed by atoms with Crippen molar-refractivity contribution >= 4 is 11.6 Å². The fourth-order valence-corrected chi connectivity index (χ4v) is 2.65. The number of nitrogens with two attached hydrogens (primary N) is 1. The molecule has 5 nitrogen and oxygen atoms in total. The van der Waals surface area contributed by atoms with Crippen LogP contribution in [0.4, 0.5) is 5.69 Å². The molecule has 1 fully saturated rings. The summed E-state index contributed by atoms with van der Waals surface area (Å²) >= 11 is 0. The lowest BCUT2D eigenvalue weighted by molar-refractivity contribution is 0.0904. The van der Waals surface area contributed by atoms with E-state index in [1.165, 1.54) is 19.0 Å². The predicted octanol–water partition coefficient (Wildman–Crippen LogP) is 1.19. The maximum Gasteiger partial charge on any atom is 0.269 e. The van der Waals surface area contributed by atoms with Gasteiger partial charge in [-0.2, -0.15) is 0 Å². The minimum Gasteiger partial charge on any atom is -0.397 e. The highest BCUT2D eigenvalue weighted by Crippen LogP contribution is 2.29. The third-order valence-corrected chi connectivity index (χ3v) is 3.84. The Hall–Kier alpha value is -1.62. The van der Waals surface area contributed by atoms with E-state index in [0.717, 1.165) is 12.8 Å². The summed E-state index contributed by atoms with van der Waals surface area (Å²) in [5, 5.41) is 12.2. The first-order chi connectivity index (χ1) is 9.20. The van der Waals surface area contributed by atoms with Crippen molar-refractivity contribution in [3.8, 4) is 0 Å². The van der Waals surface area contributed by atoms with Crippen molar-refractivity contribution in [1.82, 2.24) is 10.3 Å². The minimum atomic E-state index is -0.178. The van der Waals surface area contributed by atoms with Crippen molar-refractivity contribution in [3.05, 3.63) is 24.0 Å². The zero-order valence-corrected chi connectivity index (χ0v) is 11.0. The van der Waals surface area contributed by atoms with Gasteiger partial charge in [-0.15, -0.1) is 0 Å². The molecule has 0 aromatic carbocycles. The molecular weight excluding hydrogens is 242 g/mol. The molecule has 0 aliphatic heterocycles. The van der Waals surface area contributed by atoms with Gasteiger partial charge in [-0.05, 0) is 36.8 Å². The van der Waals surface area contributed by atoms with Crippen molar-refractivity contribution in [2.45, 2.75) is 25.7 Å². The molecule has 1 amide bonds. The van der Waals surface area contributed by atoms with Gasteiger partial charge >= 0.3 is 0 Å². The quantitative estimate of drug-likeness (QED) is 0.761. The van der Waals surface area contributed by atoms with E-state index in [4.69, 9.17) is 5.73 Å². The van der Waals surface area contributed by atoms with Crippen LogP contribution in [0.5, 0.6) is 0 Å². The summed E-state index contributed by atoms with van der Waals surface area (Å²) in [5.41, 5.74) is 6.46. The average molecular weight is 263 g/mol. The van der Waals surface area contributed by atoms with Crippen LogP contribution in [-0.2, 0) is 0 Å². The van der Waals surface area contributed by atoms with E-state index in [1.807, 2.05) is 0 Å². The number of pyridine rings is 1. The minimum absolute atomic E-state index is 0.178. The Kier molecular flexibility index (Phi) is 4.74. The number of aromatic nitrogens is 1. The Labute approximate surface area is 113 Å². The third kappa shape index (κ3) is 3.67. The molecule has 1 heterocycles. The van der Waals surface area contributed by atoms with Gasteiger partial charge in [-0.1, -0.05) is 12.8 Å². The zero-order chi connectivity index (χ0) is 13.7. The van der Waals surface area contributed by atoms with Crippen molar-refractivity contribution < 1.29 is 9.90 Å². The van der Waals surface area contributed by atoms with Crippen LogP contribution in [0.1, 0.15) is 36.2 Å². The molecule has 1 saturated carbocycles. The number of aliphatic hydroxyl groups excluding tert-OH is 1. The number of anilines is 1. The lowest BCUT2D eigenvalue weighted by Gasteiger charge is -2.30. The number of hydrogen-bond acceptors (Lipinski definition) is 4. The normalized spacial score (nSPS) is 23.0. The maximum absolute atomic E-state index is 11.9. The summed E-state index contributed by atoms with van der Waals surface area (Å²) < 4.78 is 0. The number of nitrogens with one attached hydrogen (secondary N) is 1. The zero-order valence-electron chi connectivity index (χ0n) is 11.0. The van der Waals surface area contributed by atoms with Gasteiger partial charge in [0.05, 0.1) is 11.9 Å². The Morgan fingerprint density at radius 3 is 2.74 bits per heavy atom. The first-order valence-electron chi connectivity index (χ1n) is 6.81. The van der Waals surface area contributed by atoms with Crippen molar-refractivity contribution in [1.29, 1.82) is 0 Å². The van der Waals surface area contributed by atoms with Crippen LogP contribution in [0.3, 0.4) is 0 Å². The molecule has 2 rings (SSSR count). The highest BCUT2D eigenvalue weighted by Gasteiger charge is 2.24. The number of hydrogen-bond donors (Lipinski definition) is 3. The van der Waals surface area contributed by atoms with Crippen LogP contribution < -0.4 is 11.1 Å². The van der Waals surface area contributed by atoms with Gasteiger partial charge in [0, 0.05) is 13.2 Å². The van der Waals surface area contributed by atoms with E-state index >= 15 is 0 Å². The Balaban J connectivity index is 1.87. The molecule has 2 atom stereocenters. The molecule has 0 saturated heterocycles. The van der Waals surface area contributed by atoms with Gasteiger partial charge < -0.3 is 16.2 Å². The Bertz CT molecular complexity index is 419. The van der Waals surface area contributed by atoms with Crippen LogP contribution in [-0.4, -0.2) is 29.1 Å². The van der Waals surface area contributed by atoms with Gasteiger partial charge in [-0.25, -0.2) is 4.98 Å². The molecule has 1 aliphatic rings. The first kappa shape index (κ1) is 13.8. The summed E-state index contributed by atoms with van der Waals surface area (Å²) in [5.74, 6) is 0.507. The fourth-order valence-electron chi connectivity index (χ4n) is 2.65. The van der Waals surface area contributed by atoms with Crippen LogP contribution in [0, 0.1) is 11.8 Å². The highest BCUT2D eigenvalue weighted by molar-refractivity contribution is 5.92. The lowest BCUT2D eigenvalue weighted by atomic mass is 9.79. The number of carbonyl (C=O) groups excluding carboxylic acids is 1. The third-order valence-electron chi connectivity index (χ3n) is 3.84. The number of nitrogen functional groups attached to an aromatic ring is 1. The monoisotopic (exact) mass is 263 g/mol. The van der Waals surface area contributed by atoms with Gasteiger partial charge in [0.1, 0.15) is 5.69 Å². The van der Waals surface area contributed by atoms with E-state index < -0.39 is 0 Å². The topological polar surface area (TPSA) is 88.2 Å². The highest BCUT2D eigenvalue weighted by atomic mass is 16.3. The summed E-state index contributed by atoms with van der Waals surface area (Å²) in [6.07, 6.45) is 5.95. The number of carbonyl (C=O) groups is 1. The van der Waals surface area contributed by atoms with E-state index in [9.17, 15) is 9.90 Å². The van der Waals surface area contributed by atoms with E-state index in [1.54, 1.807) is 12.1 Å². The lowest BCUT2D eigenvalue weighted by Crippen LogP contribution is -2.35. The second-order valence-electron chi connectivity index (χ2n) is 5.17. The van der Waals surface area contributed by atoms with Crippen LogP contribution in [0.2, 0.25) is 0 Å². The van der Waals surface area contributed by atoms with Gasteiger partial charge in [-0.3, -0.25) is 4.79 Å². The molecule has 104 valence electrons. The molecule has 1 aromatic rings. The molecule has 0 bridgehead atoms. The smallest absolute Gasteiger partial charge is 0.269 e. The fraction of sp³-hybridized carbons (Fsp3) is 0.571. The van der Waals surface area contributed by atoms with Crippen molar-refractivity contribution in [3.63, 3.8) is 0 Å². The second-order valence-corrected chi connectivity index (χ2v) is 5.17. The number of nitrogens with zero attached hydrogens (tertiary/aromatic N) is 1. The van der Waals surface area contributed by atoms with E-state index in [-0.39, 0.29) is 12.5 Å². The number of amides is 1. The largest absolute Gasteiger partial charge is 0.397 e. The molecule has 1 aliphatic carbocycles. The molecule has 0 radical (unpaired) electrons. The summed E-state index contributed by atoms with van der Waals surface area (Å²) in [6.45, 7) is 0.816. The summed E-state index contributed by atoms with van der Waals surface area (Å²) in [7, 11) is 0. The van der Waals surface area contributed by atoms with Gasteiger partial charge in [0.15, 0.2) is 0 Å². The Morgan fingerprint density at radius 2 is 2.11 bits per heavy atom. The van der Waals surface area contributed by atoms with Crippen LogP contribution >= 0.6 is 0 Å². The number of rotatable bonds is 4. The Morgan fingerprint density at radius 1 is 1.37 bits per heavy atom. The average Bonchev–Trinajstić information content (AvgIpc) is 2.45. The molecule has 1 aromatic heterocycles. The maximum atomic E-state index is 11.9. The summed E-state index contributed by atoms with van der Waals surface area (Å²) in [6, 6.07) is 3.29. The van der Waals surface area contributed by atoms with E-state index in [0.29, 0.717) is 29.8 Å². The van der Waals surface area contributed by atoms with Crippen molar-refractivity contribution in [2.75, 3.05) is 18.9 Å². The van der Waals surface area contributed by atoms with Crippen LogP contribution in [0.15, 0.2) is 18.3 Å². The first-order valence-corrected chi connectivity index (χ1v) is 6.81. The molecule has 4 N–H and O–H groups in total. The molecule has 0 spiro atoms. The standard InChI is InChI=1S/C14H21N3O2/c15-12-5-6-13(16-8-12)14(19)17-7-10-3-1-2-4-11(10)9-18/h5-6,8,10-11,18H,1-4,7,9,15H2,(H,17,19). The van der Waals surface area contributed by atoms with E-state index in [2.05, 4.69) is 10.3 Å². The molecule has 19 heavy (non-hydrogen) atoms. The second kappa shape index (κ2) is 6.52. The molecule has 2 unspecified atom stereocenters.